The molecule has 1 amide bonds. The number of fused-ring (bicyclic) bond motifs is 1. The highest BCUT2D eigenvalue weighted by molar-refractivity contribution is 5.94. The van der Waals surface area contributed by atoms with E-state index in [0.29, 0.717) is 5.92 Å². The number of piperidine rings is 1. The second-order valence-electron chi connectivity index (χ2n) is 8.43. The molecule has 4 rings (SSSR count). The lowest BCUT2D eigenvalue weighted by Crippen LogP contribution is -2.36. The number of rotatable bonds is 7. The number of aromatic amines is 1. The van der Waals surface area contributed by atoms with Crippen molar-refractivity contribution >= 4 is 5.91 Å². The molecule has 1 saturated heterocycles. The summed E-state index contributed by atoms with van der Waals surface area (Å²) in [5.74, 6) is 0.825. The molecule has 6 heteroatoms. The molecule has 0 spiro atoms. The topological polar surface area (TPSA) is 66.8 Å². The standard InChI is InChI=1S/C22H33N5O/c1-2-11-27-20-10-9-17(7-6-8-18-15-23-16-24-18)14-19(20)21(25-27)22(28)26-12-4-3-5-13-26/h15-17H,2-14H2,1H3,(H,23,24). The Morgan fingerprint density at radius 2 is 2.14 bits per heavy atom. The number of hydrogen-bond donors (Lipinski definition) is 1. The summed E-state index contributed by atoms with van der Waals surface area (Å²) in [6.45, 7) is 4.88. The van der Waals surface area contributed by atoms with Crippen molar-refractivity contribution in [2.45, 2.75) is 77.7 Å². The summed E-state index contributed by atoms with van der Waals surface area (Å²) in [4.78, 5) is 22.5. The van der Waals surface area contributed by atoms with Gasteiger partial charge in [-0.15, -0.1) is 0 Å². The van der Waals surface area contributed by atoms with Gasteiger partial charge in [-0.05, 0) is 70.1 Å². The summed E-state index contributed by atoms with van der Waals surface area (Å²) in [6.07, 6.45) is 14.9. The van der Waals surface area contributed by atoms with Crippen LogP contribution in [0.4, 0.5) is 0 Å². The molecule has 2 aliphatic rings. The summed E-state index contributed by atoms with van der Waals surface area (Å²) >= 11 is 0. The fraction of sp³-hybridized carbons (Fsp3) is 0.682. The minimum absolute atomic E-state index is 0.170. The highest BCUT2D eigenvalue weighted by atomic mass is 16.2. The first kappa shape index (κ1) is 19.2. The molecular weight excluding hydrogens is 350 g/mol. The third-order valence-electron chi connectivity index (χ3n) is 6.34. The number of hydrogen-bond acceptors (Lipinski definition) is 3. The van der Waals surface area contributed by atoms with Crippen molar-refractivity contribution in [2.75, 3.05) is 13.1 Å². The molecule has 0 aromatic carbocycles. The van der Waals surface area contributed by atoms with Gasteiger partial charge in [0.25, 0.3) is 5.91 Å². The summed E-state index contributed by atoms with van der Waals surface area (Å²) in [7, 11) is 0. The van der Waals surface area contributed by atoms with Gasteiger partial charge in [0, 0.05) is 42.8 Å². The predicted octanol–water partition coefficient (Wildman–Crippen LogP) is 3.77. The molecular formula is C22H33N5O. The lowest BCUT2D eigenvalue weighted by Gasteiger charge is -2.27. The lowest BCUT2D eigenvalue weighted by atomic mass is 9.83. The van der Waals surface area contributed by atoms with Crippen LogP contribution in [-0.2, 0) is 25.8 Å². The van der Waals surface area contributed by atoms with Crippen molar-refractivity contribution in [2.24, 2.45) is 5.92 Å². The Balaban J connectivity index is 1.47. The van der Waals surface area contributed by atoms with E-state index in [9.17, 15) is 4.79 Å². The number of imidazole rings is 1. The van der Waals surface area contributed by atoms with Crippen molar-refractivity contribution in [1.82, 2.24) is 24.6 Å². The molecule has 0 bridgehead atoms. The second-order valence-corrected chi connectivity index (χ2v) is 8.43. The maximum atomic E-state index is 13.2. The van der Waals surface area contributed by atoms with Crippen LogP contribution in [0.1, 0.15) is 79.3 Å². The van der Waals surface area contributed by atoms with Gasteiger partial charge in [-0.1, -0.05) is 6.92 Å². The average Bonchev–Trinajstić information content (AvgIpc) is 3.37. The van der Waals surface area contributed by atoms with Gasteiger partial charge in [-0.25, -0.2) is 4.98 Å². The molecule has 1 aliphatic carbocycles. The molecule has 6 nitrogen and oxygen atoms in total. The van der Waals surface area contributed by atoms with Crippen LogP contribution in [0.3, 0.4) is 0 Å². The Labute approximate surface area is 167 Å². The molecule has 28 heavy (non-hydrogen) atoms. The van der Waals surface area contributed by atoms with E-state index in [4.69, 9.17) is 5.10 Å². The van der Waals surface area contributed by atoms with E-state index < -0.39 is 0 Å². The van der Waals surface area contributed by atoms with Gasteiger partial charge in [0.05, 0.1) is 6.33 Å². The highest BCUT2D eigenvalue weighted by Crippen LogP contribution is 2.32. The third-order valence-corrected chi connectivity index (χ3v) is 6.34. The molecule has 1 aliphatic heterocycles. The van der Waals surface area contributed by atoms with Crippen LogP contribution in [0.5, 0.6) is 0 Å². The number of amides is 1. The predicted molar refractivity (Wildman–Crippen MR) is 109 cm³/mol. The van der Waals surface area contributed by atoms with E-state index in [1.165, 1.54) is 42.6 Å². The Bertz CT molecular complexity index is 773. The fourth-order valence-electron chi connectivity index (χ4n) is 4.82. The van der Waals surface area contributed by atoms with Gasteiger partial charge in [-0.3, -0.25) is 9.48 Å². The smallest absolute Gasteiger partial charge is 0.274 e. The molecule has 1 fully saturated rings. The number of carbonyl (C=O) groups excluding carboxylic acids is 1. The maximum absolute atomic E-state index is 13.2. The van der Waals surface area contributed by atoms with Crippen LogP contribution in [0.15, 0.2) is 12.5 Å². The van der Waals surface area contributed by atoms with Crippen LogP contribution in [0.25, 0.3) is 0 Å². The molecule has 152 valence electrons. The number of nitrogens with zero attached hydrogens (tertiary/aromatic N) is 4. The second kappa shape index (κ2) is 8.93. The molecule has 0 saturated carbocycles. The van der Waals surface area contributed by atoms with Crippen molar-refractivity contribution < 1.29 is 4.79 Å². The SMILES string of the molecule is CCCn1nc(C(=O)N2CCCCC2)c2c1CCC(CCCc1cnc[nH]1)C2. The fourth-order valence-corrected chi connectivity index (χ4v) is 4.82. The molecule has 2 aromatic heterocycles. The van der Waals surface area contributed by atoms with Gasteiger partial charge >= 0.3 is 0 Å². The number of H-pyrrole nitrogens is 1. The van der Waals surface area contributed by atoms with Crippen LogP contribution in [0.2, 0.25) is 0 Å². The van der Waals surface area contributed by atoms with Crippen LogP contribution >= 0.6 is 0 Å². The molecule has 1 unspecified atom stereocenters. The molecule has 2 aromatic rings. The summed E-state index contributed by atoms with van der Waals surface area (Å²) < 4.78 is 2.13. The molecule has 1 N–H and O–H groups in total. The number of aromatic nitrogens is 4. The van der Waals surface area contributed by atoms with Gasteiger partial charge in [0.15, 0.2) is 5.69 Å². The van der Waals surface area contributed by atoms with Crippen LogP contribution < -0.4 is 0 Å². The van der Waals surface area contributed by atoms with Crippen molar-refractivity contribution in [3.63, 3.8) is 0 Å². The van der Waals surface area contributed by atoms with Gasteiger partial charge < -0.3 is 9.88 Å². The summed E-state index contributed by atoms with van der Waals surface area (Å²) in [5.41, 5.74) is 4.55. The Morgan fingerprint density at radius 3 is 2.89 bits per heavy atom. The number of aryl methyl sites for hydroxylation is 2. The van der Waals surface area contributed by atoms with Gasteiger partial charge in [-0.2, -0.15) is 5.10 Å². The number of likely N-dealkylation sites (tertiary alicyclic amines) is 1. The van der Waals surface area contributed by atoms with E-state index in [0.717, 1.165) is 63.9 Å². The molecule has 0 radical (unpaired) electrons. The maximum Gasteiger partial charge on any atom is 0.274 e. The Morgan fingerprint density at radius 1 is 1.29 bits per heavy atom. The quantitative estimate of drug-likeness (QED) is 0.791. The highest BCUT2D eigenvalue weighted by Gasteiger charge is 2.31. The number of carbonyl (C=O) groups is 1. The first-order valence-corrected chi connectivity index (χ1v) is 11.1. The zero-order valence-electron chi connectivity index (χ0n) is 17.1. The Kier molecular flexibility index (Phi) is 6.13. The van der Waals surface area contributed by atoms with Crippen molar-refractivity contribution in [3.8, 4) is 0 Å². The van der Waals surface area contributed by atoms with Crippen molar-refractivity contribution in [3.05, 3.63) is 35.2 Å². The molecule has 1 atom stereocenters. The van der Waals surface area contributed by atoms with E-state index in [-0.39, 0.29) is 5.91 Å². The minimum atomic E-state index is 0.170. The monoisotopic (exact) mass is 383 g/mol. The van der Waals surface area contributed by atoms with E-state index in [2.05, 4.69) is 21.6 Å². The number of nitrogens with one attached hydrogen (secondary N) is 1. The normalized spacial score (nSPS) is 19.6. The van der Waals surface area contributed by atoms with Gasteiger partial charge in [0.1, 0.15) is 0 Å². The van der Waals surface area contributed by atoms with E-state index in [1.54, 1.807) is 6.33 Å². The van der Waals surface area contributed by atoms with E-state index in [1.807, 2.05) is 11.1 Å². The lowest BCUT2D eigenvalue weighted by molar-refractivity contribution is 0.0716. The first-order valence-electron chi connectivity index (χ1n) is 11.1. The molecule has 3 heterocycles. The Hall–Kier alpha value is -2.11. The van der Waals surface area contributed by atoms with E-state index >= 15 is 0 Å². The first-order chi connectivity index (χ1) is 13.8. The summed E-state index contributed by atoms with van der Waals surface area (Å²) in [6, 6.07) is 0. The zero-order valence-corrected chi connectivity index (χ0v) is 17.1. The van der Waals surface area contributed by atoms with Gasteiger partial charge in [0.2, 0.25) is 0 Å². The summed E-state index contributed by atoms with van der Waals surface area (Å²) in [5, 5.41) is 4.82. The third kappa shape index (κ3) is 4.15. The average molecular weight is 384 g/mol. The largest absolute Gasteiger partial charge is 0.348 e. The van der Waals surface area contributed by atoms with Crippen LogP contribution in [-0.4, -0.2) is 43.6 Å². The minimum Gasteiger partial charge on any atom is -0.348 e. The van der Waals surface area contributed by atoms with Crippen LogP contribution in [0, 0.1) is 5.92 Å². The zero-order chi connectivity index (χ0) is 19.3. The van der Waals surface area contributed by atoms with Crippen molar-refractivity contribution in [1.29, 1.82) is 0 Å².